The van der Waals surface area contributed by atoms with Gasteiger partial charge in [-0.1, -0.05) is 47.8 Å². The summed E-state index contributed by atoms with van der Waals surface area (Å²) in [5.41, 5.74) is 0. The standard InChI is InChI=1S/C5H5Br3O3/c6-2-1(3(7)8)4(9)11-5(2)10/h1-4,9H. The number of cyclic esters (lactones) is 1. The first-order valence-corrected chi connectivity index (χ1v) is 5.59. The zero-order chi connectivity index (χ0) is 8.59. The number of rotatable bonds is 1. The van der Waals surface area contributed by atoms with Crippen molar-refractivity contribution in [3.63, 3.8) is 0 Å². The third-order valence-electron chi connectivity index (χ3n) is 1.42. The molecule has 0 aromatic carbocycles. The number of esters is 1. The number of hydrogen-bond acceptors (Lipinski definition) is 3. The van der Waals surface area contributed by atoms with Gasteiger partial charge in [-0.3, -0.25) is 4.79 Å². The van der Waals surface area contributed by atoms with Crippen LogP contribution in [0.2, 0.25) is 0 Å². The van der Waals surface area contributed by atoms with Crippen LogP contribution in [0.4, 0.5) is 0 Å². The quantitative estimate of drug-likeness (QED) is 0.572. The predicted molar refractivity (Wildman–Crippen MR) is 49.9 cm³/mol. The van der Waals surface area contributed by atoms with Crippen LogP contribution in [0.5, 0.6) is 0 Å². The Morgan fingerprint density at radius 3 is 2.27 bits per heavy atom. The molecule has 3 nitrogen and oxygen atoms in total. The highest BCUT2D eigenvalue weighted by atomic mass is 79.9. The fourth-order valence-electron chi connectivity index (χ4n) is 0.816. The van der Waals surface area contributed by atoms with Crippen LogP contribution in [0.1, 0.15) is 0 Å². The van der Waals surface area contributed by atoms with Crippen molar-refractivity contribution >= 4 is 53.8 Å². The smallest absolute Gasteiger partial charge is 0.322 e. The minimum atomic E-state index is -1.03. The summed E-state index contributed by atoms with van der Waals surface area (Å²) in [6, 6.07) is 0. The van der Waals surface area contributed by atoms with Crippen molar-refractivity contribution in [2.75, 3.05) is 0 Å². The van der Waals surface area contributed by atoms with Gasteiger partial charge in [0, 0.05) is 0 Å². The molecular formula is C5H5Br3O3. The van der Waals surface area contributed by atoms with Crippen molar-refractivity contribution in [1.29, 1.82) is 0 Å². The van der Waals surface area contributed by atoms with Crippen LogP contribution in [0.3, 0.4) is 0 Å². The molecule has 1 aliphatic rings. The number of carbonyl (C=O) groups excluding carboxylic acids is 1. The van der Waals surface area contributed by atoms with Crippen LogP contribution in [-0.4, -0.2) is 25.9 Å². The molecule has 1 saturated heterocycles. The highest BCUT2D eigenvalue weighted by Crippen LogP contribution is 2.35. The molecule has 3 atom stereocenters. The van der Waals surface area contributed by atoms with E-state index in [4.69, 9.17) is 5.11 Å². The second-order valence-electron chi connectivity index (χ2n) is 2.14. The lowest BCUT2D eigenvalue weighted by atomic mass is 10.1. The summed E-state index contributed by atoms with van der Waals surface area (Å²) < 4.78 is 4.42. The Morgan fingerprint density at radius 2 is 2.09 bits per heavy atom. The van der Waals surface area contributed by atoms with Crippen LogP contribution in [0.15, 0.2) is 0 Å². The van der Waals surface area contributed by atoms with Crippen molar-refractivity contribution in [1.82, 2.24) is 0 Å². The number of halogens is 3. The summed E-state index contributed by atoms with van der Waals surface area (Å²) in [5.74, 6) is -0.714. The SMILES string of the molecule is O=C1OC(O)C(C(Br)Br)C1Br. The van der Waals surface area contributed by atoms with Gasteiger partial charge in [0.25, 0.3) is 0 Å². The minimum Gasteiger partial charge on any atom is -0.435 e. The number of aliphatic hydroxyl groups excluding tert-OH is 1. The number of alkyl halides is 3. The summed E-state index contributed by atoms with van der Waals surface area (Å²) >= 11 is 9.52. The molecule has 1 heterocycles. The Bertz CT molecular complexity index is 172. The van der Waals surface area contributed by atoms with Crippen LogP contribution >= 0.6 is 47.8 Å². The van der Waals surface area contributed by atoms with Crippen LogP contribution < -0.4 is 0 Å². The fraction of sp³-hybridized carbons (Fsp3) is 0.800. The molecule has 6 heteroatoms. The van der Waals surface area contributed by atoms with Crippen molar-refractivity contribution < 1.29 is 14.6 Å². The first-order chi connectivity index (χ1) is 5.04. The molecule has 0 aromatic heterocycles. The Hall–Kier alpha value is 0.870. The lowest BCUT2D eigenvalue weighted by Crippen LogP contribution is -2.26. The molecular weight excluding hydrogens is 348 g/mol. The largest absolute Gasteiger partial charge is 0.435 e. The molecule has 1 aliphatic heterocycles. The molecule has 0 aromatic rings. The van der Waals surface area contributed by atoms with Gasteiger partial charge in [-0.2, -0.15) is 0 Å². The van der Waals surface area contributed by atoms with Gasteiger partial charge in [0.2, 0.25) is 6.29 Å². The highest BCUT2D eigenvalue weighted by molar-refractivity contribution is 9.24. The lowest BCUT2D eigenvalue weighted by molar-refractivity contribution is -0.155. The summed E-state index contributed by atoms with van der Waals surface area (Å²) in [7, 11) is 0. The molecule has 11 heavy (non-hydrogen) atoms. The van der Waals surface area contributed by atoms with E-state index in [0.29, 0.717) is 0 Å². The normalized spacial score (nSPS) is 37.9. The lowest BCUT2D eigenvalue weighted by Gasteiger charge is -2.14. The summed E-state index contributed by atoms with van der Waals surface area (Å²) in [6.07, 6.45) is -1.03. The van der Waals surface area contributed by atoms with E-state index < -0.39 is 17.1 Å². The zero-order valence-corrected chi connectivity index (χ0v) is 9.96. The molecule has 1 fully saturated rings. The van der Waals surface area contributed by atoms with Crippen LogP contribution in [0.25, 0.3) is 0 Å². The van der Waals surface area contributed by atoms with Crippen molar-refractivity contribution in [2.24, 2.45) is 5.92 Å². The van der Waals surface area contributed by atoms with E-state index >= 15 is 0 Å². The highest BCUT2D eigenvalue weighted by Gasteiger charge is 2.45. The Labute approximate surface area is 88.9 Å². The average molecular weight is 353 g/mol. The van der Waals surface area contributed by atoms with Crippen LogP contribution in [0, 0.1) is 5.92 Å². The average Bonchev–Trinajstić information content (AvgIpc) is 2.07. The maximum atomic E-state index is 10.8. The van der Waals surface area contributed by atoms with E-state index in [-0.39, 0.29) is 9.65 Å². The Balaban J connectivity index is 2.71. The van der Waals surface area contributed by atoms with Gasteiger partial charge >= 0.3 is 5.97 Å². The number of carbonyl (C=O) groups is 1. The number of ether oxygens (including phenoxy) is 1. The van der Waals surface area contributed by atoms with Gasteiger partial charge in [0.15, 0.2) is 0 Å². The molecule has 1 N–H and O–H groups in total. The Kier molecular flexibility index (Phi) is 3.37. The van der Waals surface area contributed by atoms with Gasteiger partial charge in [-0.05, 0) is 0 Å². The van der Waals surface area contributed by atoms with Crippen molar-refractivity contribution in [2.45, 2.75) is 14.9 Å². The van der Waals surface area contributed by atoms with Gasteiger partial charge in [-0.15, -0.1) is 0 Å². The van der Waals surface area contributed by atoms with Crippen molar-refractivity contribution in [3.8, 4) is 0 Å². The van der Waals surface area contributed by atoms with Gasteiger partial charge in [0.1, 0.15) is 4.83 Å². The van der Waals surface area contributed by atoms with E-state index in [1.165, 1.54) is 0 Å². The summed E-state index contributed by atoms with van der Waals surface area (Å²) in [5, 5.41) is 9.17. The summed E-state index contributed by atoms with van der Waals surface area (Å²) in [6.45, 7) is 0. The molecule has 0 saturated carbocycles. The van der Waals surface area contributed by atoms with E-state index in [1.54, 1.807) is 0 Å². The fourth-order valence-corrected chi connectivity index (χ4v) is 3.44. The predicted octanol–water partition coefficient (Wildman–Crippen LogP) is 1.36. The van der Waals surface area contributed by atoms with E-state index in [1.807, 2.05) is 0 Å². The number of aliphatic hydroxyl groups is 1. The third kappa shape index (κ3) is 1.96. The number of hydrogen-bond donors (Lipinski definition) is 1. The topological polar surface area (TPSA) is 46.5 Å². The van der Waals surface area contributed by atoms with Crippen molar-refractivity contribution in [3.05, 3.63) is 0 Å². The second kappa shape index (κ2) is 3.72. The van der Waals surface area contributed by atoms with E-state index in [9.17, 15) is 4.79 Å². The molecule has 64 valence electrons. The van der Waals surface area contributed by atoms with Gasteiger partial charge < -0.3 is 9.84 Å². The Morgan fingerprint density at radius 1 is 1.55 bits per heavy atom. The molecule has 0 bridgehead atoms. The monoisotopic (exact) mass is 350 g/mol. The maximum Gasteiger partial charge on any atom is 0.322 e. The van der Waals surface area contributed by atoms with Gasteiger partial charge in [0.05, 0.1) is 9.65 Å². The first kappa shape index (κ1) is 9.95. The first-order valence-electron chi connectivity index (χ1n) is 2.85. The summed E-state index contributed by atoms with van der Waals surface area (Å²) in [4.78, 5) is 10.4. The van der Waals surface area contributed by atoms with Gasteiger partial charge in [-0.25, -0.2) is 0 Å². The molecule has 0 amide bonds. The molecule has 3 unspecified atom stereocenters. The second-order valence-corrected chi connectivity index (χ2v) is 6.33. The molecule has 0 radical (unpaired) electrons. The molecule has 0 spiro atoms. The molecule has 1 rings (SSSR count). The maximum absolute atomic E-state index is 10.8. The molecule has 0 aliphatic carbocycles. The van der Waals surface area contributed by atoms with E-state index in [0.717, 1.165) is 0 Å². The van der Waals surface area contributed by atoms with Crippen LogP contribution in [-0.2, 0) is 9.53 Å². The zero-order valence-electron chi connectivity index (χ0n) is 5.21. The minimum absolute atomic E-state index is 0.138. The third-order valence-corrected chi connectivity index (χ3v) is 3.63. The van der Waals surface area contributed by atoms with E-state index in [2.05, 4.69) is 52.5 Å².